The molecule has 0 radical (unpaired) electrons. The third kappa shape index (κ3) is 2.48. The molecule has 8 heteroatoms. The van der Waals surface area contributed by atoms with E-state index in [9.17, 15) is 10.1 Å². The normalized spacial score (nSPS) is 18.9. The second kappa shape index (κ2) is 4.34. The van der Waals surface area contributed by atoms with Crippen molar-refractivity contribution in [2.45, 2.75) is 6.17 Å². The number of nitro groups is 1. The van der Waals surface area contributed by atoms with Crippen molar-refractivity contribution in [1.29, 1.82) is 0 Å². The molecule has 17 heavy (non-hydrogen) atoms. The summed E-state index contributed by atoms with van der Waals surface area (Å²) < 4.78 is 0. The van der Waals surface area contributed by atoms with E-state index in [0.717, 1.165) is 5.56 Å². The Balaban J connectivity index is 2.25. The van der Waals surface area contributed by atoms with Gasteiger partial charge in [-0.15, -0.1) is 0 Å². The molecule has 0 spiro atoms. The van der Waals surface area contributed by atoms with Gasteiger partial charge < -0.3 is 16.4 Å². The van der Waals surface area contributed by atoms with Crippen molar-refractivity contribution < 1.29 is 4.92 Å². The maximum absolute atomic E-state index is 10.5. The minimum Gasteiger partial charge on any atom is -0.370 e. The second-order valence-electron chi connectivity index (χ2n) is 3.36. The molecule has 0 saturated heterocycles. The third-order valence-corrected chi connectivity index (χ3v) is 2.42. The van der Waals surface area contributed by atoms with Crippen molar-refractivity contribution >= 4 is 29.0 Å². The van der Waals surface area contributed by atoms with Crippen LogP contribution in [-0.4, -0.2) is 16.0 Å². The summed E-state index contributed by atoms with van der Waals surface area (Å²) in [6.07, 6.45) is -0.412. The average Bonchev–Trinajstić information content (AvgIpc) is 2.28. The van der Waals surface area contributed by atoms with Crippen LogP contribution in [0.5, 0.6) is 0 Å². The van der Waals surface area contributed by atoms with Crippen LogP contribution in [0, 0.1) is 10.1 Å². The summed E-state index contributed by atoms with van der Waals surface area (Å²) in [5, 5.41) is 16.4. The van der Waals surface area contributed by atoms with Crippen LogP contribution in [0.15, 0.2) is 29.3 Å². The summed E-state index contributed by atoms with van der Waals surface area (Å²) in [5.74, 6) is 0.220. The fourth-order valence-electron chi connectivity index (χ4n) is 1.42. The third-order valence-electron chi connectivity index (χ3n) is 2.20. The molecule has 0 bridgehead atoms. The number of rotatable bonds is 2. The first-order valence-electron chi connectivity index (χ1n) is 4.71. The van der Waals surface area contributed by atoms with Crippen molar-refractivity contribution in [3.63, 3.8) is 0 Å². The van der Waals surface area contributed by atoms with Crippen molar-refractivity contribution in [3.8, 4) is 0 Å². The molecule has 1 heterocycles. The Labute approximate surface area is 102 Å². The smallest absolute Gasteiger partial charge is 0.269 e. The van der Waals surface area contributed by atoms with E-state index < -0.39 is 11.1 Å². The van der Waals surface area contributed by atoms with E-state index in [0.29, 0.717) is 5.11 Å². The summed E-state index contributed by atoms with van der Waals surface area (Å²) in [4.78, 5) is 14.1. The number of nitrogens with two attached hydrogens (primary N) is 1. The van der Waals surface area contributed by atoms with E-state index >= 15 is 0 Å². The molecule has 1 aliphatic heterocycles. The van der Waals surface area contributed by atoms with Crippen LogP contribution in [-0.2, 0) is 0 Å². The number of non-ortho nitro benzene ring substituents is 1. The lowest BCUT2D eigenvalue weighted by Crippen LogP contribution is -2.49. The summed E-state index contributed by atoms with van der Waals surface area (Å²) in [6, 6.07) is 6.04. The van der Waals surface area contributed by atoms with Gasteiger partial charge in [0, 0.05) is 12.1 Å². The van der Waals surface area contributed by atoms with E-state index in [2.05, 4.69) is 15.6 Å². The van der Waals surface area contributed by atoms with Crippen molar-refractivity contribution in [2.24, 2.45) is 10.7 Å². The zero-order valence-corrected chi connectivity index (χ0v) is 9.40. The van der Waals surface area contributed by atoms with Gasteiger partial charge in [0.2, 0.25) is 0 Å². The second-order valence-corrected chi connectivity index (χ2v) is 3.77. The highest BCUT2D eigenvalue weighted by Crippen LogP contribution is 2.19. The number of nitrogens with one attached hydrogen (secondary N) is 2. The minimum absolute atomic E-state index is 0.0298. The number of benzene rings is 1. The van der Waals surface area contributed by atoms with Gasteiger partial charge in [0.05, 0.1) is 4.92 Å². The summed E-state index contributed by atoms with van der Waals surface area (Å²) in [7, 11) is 0. The number of aliphatic imine (C=N–C) groups is 1. The molecule has 7 nitrogen and oxygen atoms in total. The summed E-state index contributed by atoms with van der Waals surface area (Å²) >= 11 is 4.94. The fraction of sp³-hybridized carbons (Fsp3) is 0.111. The number of guanidine groups is 1. The standard InChI is InChI=1S/C9H9N5O2S/c10-8-11-7(12-9(17)13-8)5-1-3-6(4-2-5)14(15)16/h1-4,7H,(H4,10,11,12,13,17)/t7-/m0/s1. The Morgan fingerprint density at radius 1 is 1.41 bits per heavy atom. The molecule has 0 fully saturated rings. The molecule has 1 atom stereocenters. The van der Waals surface area contributed by atoms with Crippen LogP contribution in [0.1, 0.15) is 11.7 Å². The zero-order chi connectivity index (χ0) is 12.4. The lowest BCUT2D eigenvalue weighted by molar-refractivity contribution is -0.384. The van der Waals surface area contributed by atoms with Crippen molar-refractivity contribution in [2.75, 3.05) is 0 Å². The lowest BCUT2D eigenvalue weighted by atomic mass is 10.1. The van der Waals surface area contributed by atoms with Crippen LogP contribution >= 0.6 is 12.2 Å². The van der Waals surface area contributed by atoms with Gasteiger partial charge in [-0.25, -0.2) is 4.99 Å². The minimum atomic E-state index is -0.456. The molecule has 0 unspecified atom stereocenters. The molecular weight excluding hydrogens is 242 g/mol. The Morgan fingerprint density at radius 3 is 2.59 bits per heavy atom. The van der Waals surface area contributed by atoms with Gasteiger partial charge in [0.15, 0.2) is 11.1 Å². The van der Waals surface area contributed by atoms with Gasteiger partial charge in [0.25, 0.3) is 5.69 Å². The highest BCUT2D eigenvalue weighted by molar-refractivity contribution is 7.80. The number of nitro benzene ring substituents is 1. The Kier molecular flexibility index (Phi) is 2.88. The quantitative estimate of drug-likeness (QED) is 0.399. The molecule has 0 amide bonds. The van der Waals surface area contributed by atoms with Crippen LogP contribution < -0.4 is 16.4 Å². The van der Waals surface area contributed by atoms with Crippen molar-refractivity contribution in [3.05, 3.63) is 39.9 Å². The SMILES string of the molecule is NC1=N[C@H](c2ccc([N+](=O)[O-])cc2)NC(=S)N1. The largest absolute Gasteiger partial charge is 0.370 e. The van der Waals surface area contributed by atoms with Crippen LogP contribution in [0.4, 0.5) is 5.69 Å². The van der Waals surface area contributed by atoms with Gasteiger partial charge in [-0.1, -0.05) is 0 Å². The number of nitrogens with zero attached hydrogens (tertiary/aromatic N) is 2. The molecule has 4 N–H and O–H groups in total. The maximum Gasteiger partial charge on any atom is 0.269 e. The van der Waals surface area contributed by atoms with E-state index in [4.69, 9.17) is 18.0 Å². The van der Waals surface area contributed by atoms with Crippen LogP contribution in [0.25, 0.3) is 0 Å². The van der Waals surface area contributed by atoms with Crippen LogP contribution in [0.3, 0.4) is 0 Å². The molecule has 88 valence electrons. The molecule has 1 aromatic rings. The van der Waals surface area contributed by atoms with Gasteiger partial charge >= 0.3 is 0 Å². The monoisotopic (exact) mass is 251 g/mol. The van der Waals surface area contributed by atoms with Gasteiger partial charge in [0.1, 0.15) is 6.17 Å². The molecule has 0 saturated carbocycles. The first-order valence-corrected chi connectivity index (χ1v) is 5.12. The van der Waals surface area contributed by atoms with Gasteiger partial charge in [-0.2, -0.15) is 0 Å². The van der Waals surface area contributed by atoms with Gasteiger partial charge in [-0.05, 0) is 29.9 Å². The summed E-state index contributed by atoms with van der Waals surface area (Å²) in [6.45, 7) is 0. The lowest BCUT2D eigenvalue weighted by Gasteiger charge is -2.22. The number of hydrogen-bond acceptors (Lipinski definition) is 5. The predicted octanol–water partition coefficient (Wildman–Crippen LogP) is 0.386. The first-order chi connectivity index (χ1) is 8.06. The van der Waals surface area contributed by atoms with Crippen molar-refractivity contribution in [1.82, 2.24) is 10.6 Å². The molecular formula is C9H9N5O2S. The molecule has 1 aliphatic rings. The Morgan fingerprint density at radius 2 is 2.06 bits per heavy atom. The van der Waals surface area contributed by atoms with Gasteiger partial charge in [-0.3, -0.25) is 10.1 Å². The summed E-state index contributed by atoms with van der Waals surface area (Å²) in [5.41, 5.74) is 6.32. The molecule has 1 aromatic carbocycles. The maximum atomic E-state index is 10.5. The van der Waals surface area contributed by atoms with E-state index in [1.807, 2.05) is 0 Å². The molecule has 0 aliphatic carbocycles. The highest BCUT2D eigenvalue weighted by atomic mass is 32.1. The fourth-order valence-corrected chi connectivity index (χ4v) is 1.63. The van der Waals surface area contributed by atoms with Crippen LogP contribution in [0.2, 0.25) is 0 Å². The average molecular weight is 251 g/mol. The highest BCUT2D eigenvalue weighted by Gasteiger charge is 2.17. The van der Waals surface area contributed by atoms with E-state index in [1.54, 1.807) is 12.1 Å². The number of hydrogen-bond donors (Lipinski definition) is 3. The Hall–Kier alpha value is -2.22. The van der Waals surface area contributed by atoms with E-state index in [-0.39, 0.29) is 11.6 Å². The first kappa shape index (κ1) is 11.3. The zero-order valence-electron chi connectivity index (χ0n) is 8.58. The van der Waals surface area contributed by atoms with E-state index in [1.165, 1.54) is 12.1 Å². The number of thiocarbonyl (C=S) groups is 1. The molecule has 0 aromatic heterocycles. The topological polar surface area (TPSA) is 106 Å². The molecule has 2 rings (SSSR count). The Bertz CT molecular complexity index is 499. The predicted molar refractivity (Wildman–Crippen MR) is 66.3 cm³/mol.